The molecule has 1 unspecified atom stereocenters. The first kappa shape index (κ1) is 15.9. The first-order valence-corrected chi connectivity index (χ1v) is 8.71. The average Bonchev–Trinajstić information content (AvgIpc) is 3.02. The summed E-state index contributed by atoms with van der Waals surface area (Å²) in [5.74, 6) is 0.665. The van der Waals surface area contributed by atoms with Crippen LogP contribution in [0.3, 0.4) is 0 Å². The zero-order valence-corrected chi connectivity index (χ0v) is 15.1. The molecule has 0 aliphatic carbocycles. The van der Waals surface area contributed by atoms with E-state index < -0.39 is 0 Å². The smallest absolute Gasteiger partial charge is 0.119 e. The molecule has 0 amide bonds. The fraction of sp³-hybridized carbons (Fsp3) is 0.333. The molecule has 3 aromatic rings. The summed E-state index contributed by atoms with van der Waals surface area (Å²) in [7, 11) is 0. The largest absolute Gasteiger partial charge is 0.508 e. The van der Waals surface area contributed by atoms with E-state index in [4.69, 9.17) is 10.1 Å². The summed E-state index contributed by atoms with van der Waals surface area (Å²) in [6, 6.07) is 13.4. The molecule has 4 rings (SSSR count). The Morgan fingerprint density at radius 2 is 1.84 bits per heavy atom. The summed E-state index contributed by atoms with van der Waals surface area (Å²) < 4.78 is 2.15. The lowest BCUT2D eigenvalue weighted by molar-refractivity contribution is 0.301. The van der Waals surface area contributed by atoms with Crippen molar-refractivity contribution in [2.24, 2.45) is 5.41 Å². The maximum Gasteiger partial charge on any atom is 0.119 e. The summed E-state index contributed by atoms with van der Waals surface area (Å²) in [6.45, 7) is 9.76. The molecule has 1 aromatic carbocycles. The number of phenolic OH excluding ortho intramolecular Hbond substituents is 1. The van der Waals surface area contributed by atoms with Crippen LogP contribution in [0.5, 0.6) is 5.75 Å². The molecule has 0 saturated carbocycles. The van der Waals surface area contributed by atoms with E-state index in [0.717, 1.165) is 34.8 Å². The van der Waals surface area contributed by atoms with Gasteiger partial charge in [-0.1, -0.05) is 39.0 Å². The molecule has 25 heavy (non-hydrogen) atoms. The van der Waals surface area contributed by atoms with Gasteiger partial charge in [-0.25, -0.2) is 0 Å². The van der Waals surface area contributed by atoms with Gasteiger partial charge < -0.3 is 5.11 Å². The molecule has 0 saturated heterocycles. The van der Waals surface area contributed by atoms with Crippen LogP contribution in [0.1, 0.15) is 38.1 Å². The van der Waals surface area contributed by atoms with Crippen molar-refractivity contribution >= 4 is 0 Å². The van der Waals surface area contributed by atoms with Crippen LogP contribution in [-0.2, 0) is 6.54 Å². The van der Waals surface area contributed by atoms with Crippen molar-refractivity contribution in [2.45, 2.75) is 40.2 Å². The van der Waals surface area contributed by atoms with Gasteiger partial charge in [0.15, 0.2) is 0 Å². The molecule has 128 valence electrons. The van der Waals surface area contributed by atoms with Crippen molar-refractivity contribution < 1.29 is 5.11 Å². The van der Waals surface area contributed by atoms with Crippen molar-refractivity contribution in [3.63, 3.8) is 0 Å². The summed E-state index contributed by atoms with van der Waals surface area (Å²) >= 11 is 0. The molecule has 4 nitrogen and oxygen atoms in total. The molecule has 3 heterocycles. The van der Waals surface area contributed by atoms with Gasteiger partial charge in [-0.05, 0) is 42.2 Å². The van der Waals surface area contributed by atoms with E-state index in [0.29, 0.717) is 5.92 Å². The first-order chi connectivity index (χ1) is 11.9. The van der Waals surface area contributed by atoms with Gasteiger partial charge in [0, 0.05) is 23.7 Å². The van der Waals surface area contributed by atoms with E-state index in [9.17, 15) is 5.11 Å². The minimum atomic E-state index is 0.173. The minimum absolute atomic E-state index is 0.173. The van der Waals surface area contributed by atoms with E-state index in [-0.39, 0.29) is 11.2 Å². The quantitative estimate of drug-likeness (QED) is 0.735. The first-order valence-electron chi connectivity index (χ1n) is 8.71. The van der Waals surface area contributed by atoms with Crippen LogP contribution >= 0.6 is 0 Å². The molecular formula is C21H23N3O. The number of hydrogen-bond donors (Lipinski definition) is 1. The Balaban J connectivity index is 1.98. The van der Waals surface area contributed by atoms with Crippen molar-refractivity contribution in [1.82, 2.24) is 14.8 Å². The van der Waals surface area contributed by atoms with Gasteiger partial charge in [-0.3, -0.25) is 9.67 Å². The van der Waals surface area contributed by atoms with Crippen LogP contribution in [-0.4, -0.2) is 19.9 Å². The fourth-order valence-corrected chi connectivity index (χ4v) is 3.70. The number of benzene rings is 1. The number of nitrogens with zero attached hydrogens (tertiary/aromatic N) is 3. The van der Waals surface area contributed by atoms with Crippen LogP contribution in [0.15, 0.2) is 42.5 Å². The highest BCUT2D eigenvalue weighted by Crippen LogP contribution is 2.49. The average molecular weight is 333 g/mol. The molecule has 0 radical (unpaired) electrons. The van der Waals surface area contributed by atoms with Crippen LogP contribution in [0.4, 0.5) is 0 Å². The van der Waals surface area contributed by atoms with Crippen LogP contribution in [0, 0.1) is 12.3 Å². The maximum absolute atomic E-state index is 9.67. The van der Waals surface area contributed by atoms with E-state index in [1.54, 1.807) is 12.1 Å². The Kier molecular flexibility index (Phi) is 3.46. The van der Waals surface area contributed by atoms with Crippen molar-refractivity contribution in [3.8, 4) is 28.3 Å². The highest BCUT2D eigenvalue weighted by atomic mass is 16.3. The molecular weight excluding hydrogens is 310 g/mol. The number of aryl methyl sites for hydroxylation is 1. The maximum atomic E-state index is 9.67. The molecule has 0 spiro atoms. The number of hydrogen-bond acceptors (Lipinski definition) is 3. The van der Waals surface area contributed by atoms with Gasteiger partial charge in [0.25, 0.3) is 0 Å². The van der Waals surface area contributed by atoms with Gasteiger partial charge >= 0.3 is 0 Å². The van der Waals surface area contributed by atoms with E-state index in [1.165, 1.54) is 5.69 Å². The number of pyridine rings is 1. The highest BCUT2D eigenvalue weighted by Gasteiger charge is 2.40. The topological polar surface area (TPSA) is 50.9 Å². The van der Waals surface area contributed by atoms with Crippen LogP contribution in [0.25, 0.3) is 22.5 Å². The number of aromatic nitrogens is 3. The third-order valence-corrected chi connectivity index (χ3v) is 5.42. The van der Waals surface area contributed by atoms with Crippen molar-refractivity contribution in [3.05, 3.63) is 53.9 Å². The standard InChI is InChI=1S/C21H23N3O/c1-13-6-5-7-17(22-13)19-18(15-8-10-16(25)11-9-15)20-14(2)21(3,4)12-24(20)23-19/h5-11,14,25H,12H2,1-4H3. The predicted octanol–water partition coefficient (Wildman–Crippen LogP) is 4.77. The second-order valence-corrected chi connectivity index (χ2v) is 7.69. The number of phenols is 1. The molecule has 1 atom stereocenters. The van der Waals surface area contributed by atoms with Crippen LogP contribution < -0.4 is 0 Å². The second-order valence-electron chi connectivity index (χ2n) is 7.69. The molecule has 4 heteroatoms. The molecule has 2 aromatic heterocycles. The molecule has 1 N–H and O–H groups in total. The zero-order valence-electron chi connectivity index (χ0n) is 15.1. The lowest BCUT2D eigenvalue weighted by Crippen LogP contribution is -2.17. The molecule has 0 fully saturated rings. The Bertz CT molecular complexity index is 938. The van der Waals surface area contributed by atoms with Gasteiger partial charge in [-0.2, -0.15) is 5.10 Å². The molecule has 1 aliphatic heterocycles. The lowest BCUT2D eigenvalue weighted by atomic mass is 9.79. The summed E-state index contributed by atoms with van der Waals surface area (Å²) in [5, 5.41) is 14.6. The zero-order chi connectivity index (χ0) is 17.8. The molecule has 0 bridgehead atoms. The van der Waals surface area contributed by atoms with Gasteiger partial charge in [0.2, 0.25) is 0 Å². The lowest BCUT2D eigenvalue weighted by Gasteiger charge is -2.23. The summed E-state index contributed by atoms with van der Waals surface area (Å²) in [4.78, 5) is 4.70. The number of fused-ring (bicyclic) bond motifs is 1. The second kappa shape index (κ2) is 5.45. The Labute approximate surface area is 148 Å². The normalized spacial score (nSPS) is 18.3. The predicted molar refractivity (Wildman–Crippen MR) is 99.5 cm³/mol. The number of rotatable bonds is 2. The van der Waals surface area contributed by atoms with Gasteiger partial charge in [-0.15, -0.1) is 0 Å². The third kappa shape index (κ3) is 2.53. The van der Waals surface area contributed by atoms with E-state index in [2.05, 4.69) is 25.5 Å². The minimum Gasteiger partial charge on any atom is -0.508 e. The summed E-state index contributed by atoms with van der Waals surface area (Å²) in [6.07, 6.45) is 0. The Morgan fingerprint density at radius 3 is 2.52 bits per heavy atom. The highest BCUT2D eigenvalue weighted by molar-refractivity contribution is 5.82. The fourth-order valence-electron chi connectivity index (χ4n) is 3.70. The SMILES string of the molecule is Cc1cccc(-c2nn3c(c2-c2ccc(O)cc2)C(C)C(C)(C)C3)n1. The van der Waals surface area contributed by atoms with E-state index >= 15 is 0 Å². The molecule has 1 aliphatic rings. The van der Waals surface area contributed by atoms with Crippen LogP contribution in [0.2, 0.25) is 0 Å². The van der Waals surface area contributed by atoms with Gasteiger partial charge in [0.05, 0.1) is 11.4 Å². The van der Waals surface area contributed by atoms with Crippen molar-refractivity contribution in [1.29, 1.82) is 0 Å². The Morgan fingerprint density at radius 1 is 1.12 bits per heavy atom. The van der Waals surface area contributed by atoms with Crippen molar-refractivity contribution in [2.75, 3.05) is 0 Å². The Hall–Kier alpha value is -2.62. The van der Waals surface area contributed by atoms with Gasteiger partial charge in [0.1, 0.15) is 11.4 Å². The monoisotopic (exact) mass is 333 g/mol. The third-order valence-electron chi connectivity index (χ3n) is 5.42. The number of aromatic hydroxyl groups is 1. The van der Waals surface area contributed by atoms with E-state index in [1.807, 2.05) is 37.3 Å². The summed E-state index contributed by atoms with van der Waals surface area (Å²) in [5.41, 5.74) is 6.44.